The zero-order chi connectivity index (χ0) is 25.9. The molecule has 2 heterocycles. The van der Waals surface area contributed by atoms with Crippen LogP contribution < -0.4 is 0 Å². The number of hydrogen-bond acceptors (Lipinski definition) is 6. The van der Waals surface area contributed by atoms with Gasteiger partial charge in [0.1, 0.15) is 6.10 Å². The molecule has 0 aromatic heterocycles. The maximum absolute atomic E-state index is 17.8. The van der Waals surface area contributed by atoms with Gasteiger partial charge >= 0.3 is 5.97 Å². The van der Waals surface area contributed by atoms with E-state index in [9.17, 15) is 19.8 Å². The molecular weight excluding hydrogens is 465 g/mol. The van der Waals surface area contributed by atoms with Crippen molar-refractivity contribution >= 4 is 11.8 Å². The van der Waals surface area contributed by atoms with Crippen molar-refractivity contribution in [1.29, 1.82) is 0 Å². The topological polar surface area (TPSA) is 96.3 Å². The Kier molecular flexibility index (Phi) is 4.93. The summed E-state index contributed by atoms with van der Waals surface area (Å²) in [5.74, 6) is -3.26. The van der Waals surface area contributed by atoms with E-state index in [1.165, 1.54) is 0 Å². The van der Waals surface area contributed by atoms with Crippen molar-refractivity contribution in [3.05, 3.63) is 35.6 Å². The molecule has 3 saturated carbocycles. The zero-order valence-electron chi connectivity index (χ0n) is 21.4. The molecule has 6 aliphatic rings. The summed E-state index contributed by atoms with van der Waals surface area (Å²) in [7, 11) is 0. The second kappa shape index (κ2) is 7.29. The van der Waals surface area contributed by atoms with Gasteiger partial charge in [-0.3, -0.25) is 4.79 Å². The normalized spacial score (nSPS) is 48.9. The van der Waals surface area contributed by atoms with Crippen molar-refractivity contribution < 1.29 is 33.7 Å². The van der Waals surface area contributed by atoms with Crippen molar-refractivity contribution in [1.82, 2.24) is 4.90 Å². The lowest BCUT2D eigenvalue weighted by Gasteiger charge is -2.62. The van der Waals surface area contributed by atoms with Gasteiger partial charge in [-0.15, -0.1) is 0 Å². The molecule has 0 spiro atoms. The van der Waals surface area contributed by atoms with E-state index in [1.807, 2.05) is 24.8 Å². The molecule has 0 bridgehead atoms. The van der Waals surface area contributed by atoms with E-state index in [-0.39, 0.29) is 18.1 Å². The largest absolute Gasteiger partial charge is 0.479 e. The Morgan fingerprint density at radius 3 is 2.61 bits per heavy atom. The van der Waals surface area contributed by atoms with Gasteiger partial charge in [0, 0.05) is 29.8 Å². The number of aliphatic hydroxyl groups is 1. The summed E-state index contributed by atoms with van der Waals surface area (Å²) in [4.78, 5) is 27.9. The molecule has 8 heteroatoms. The van der Waals surface area contributed by atoms with Crippen LogP contribution in [0.3, 0.4) is 0 Å². The summed E-state index contributed by atoms with van der Waals surface area (Å²) in [6, 6.07) is 0. The molecule has 1 saturated heterocycles. The standard InChI is InChI=1S/C28H36FNO6/c1-24(2)35-22-13-18-17-9-8-16-12-20(31)19(30-10-6-5-7-11-30)14-25(16,3)27(17,29)21(32)15-26(18,4)28(22,36-24)23(33)34/h5-6,12,14,17-18,21-22,32H,7-11,13,15H2,1-4H3,(H,33,34)/t17-,18-,21-,22+,25-,26-,27-,28-/m0/s1. The highest BCUT2D eigenvalue weighted by atomic mass is 19.1. The zero-order valence-corrected chi connectivity index (χ0v) is 21.4. The van der Waals surface area contributed by atoms with Crippen LogP contribution in [0.1, 0.15) is 59.8 Å². The van der Waals surface area contributed by atoms with Crippen molar-refractivity contribution in [3.63, 3.8) is 0 Å². The molecule has 4 aliphatic carbocycles. The Balaban J connectivity index is 1.45. The molecule has 196 valence electrons. The number of allylic oxidation sites excluding steroid dienone is 3. The van der Waals surface area contributed by atoms with Gasteiger partial charge in [0.25, 0.3) is 0 Å². The van der Waals surface area contributed by atoms with Crippen LogP contribution in [0.15, 0.2) is 35.6 Å². The Labute approximate surface area is 211 Å². The van der Waals surface area contributed by atoms with E-state index in [0.29, 0.717) is 43.6 Å². The smallest absolute Gasteiger partial charge is 0.339 e. The fourth-order valence-corrected chi connectivity index (χ4v) is 8.86. The van der Waals surface area contributed by atoms with E-state index >= 15 is 4.39 Å². The van der Waals surface area contributed by atoms with Crippen molar-refractivity contribution in [2.24, 2.45) is 22.7 Å². The monoisotopic (exact) mass is 501 g/mol. The number of fused-ring (bicyclic) bond motifs is 7. The van der Waals surface area contributed by atoms with E-state index in [4.69, 9.17) is 9.47 Å². The van der Waals surface area contributed by atoms with Crippen LogP contribution in [-0.4, -0.2) is 69.2 Å². The molecule has 0 aromatic rings. The summed E-state index contributed by atoms with van der Waals surface area (Å²) in [6.07, 6.45) is 7.37. The van der Waals surface area contributed by atoms with Crippen molar-refractivity contribution in [2.75, 3.05) is 13.1 Å². The summed E-state index contributed by atoms with van der Waals surface area (Å²) < 4.78 is 30.0. The summed E-state index contributed by atoms with van der Waals surface area (Å²) >= 11 is 0. The fraction of sp³-hybridized carbons (Fsp3) is 0.714. The predicted octanol–water partition coefficient (Wildman–Crippen LogP) is 3.53. The predicted molar refractivity (Wildman–Crippen MR) is 128 cm³/mol. The Morgan fingerprint density at radius 2 is 1.94 bits per heavy atom. The summed E-state index contributed by atoms with van der Waals surface area (Å²) in [5.41, 5.74) is -4.68. The van der Waals surface area contributed by atoms with E-state index in [0.717, 1.165) is 6.42 Å². The Morgan fingerprint density at radius 1 is 1.19 bits per heavy atom. The molecule has 0 unspecified atom stereocenters. The van der Waals surface area contributed by atoms with Gasteiger partial charge in [-0.1, -0.05) is 24.6 Å². The van der Waals surface area contributed by atoms with Gasteiger partial charge in [0.05, 0.1) is 11.8 Å². The highest BCUT2D eigenvalue weighted by Crippen LogP contribution is 2.72. The van der Waals surface area contributed by atoms with E-state index in [2.05, 4.69) is 6.08 Å². The number of carbonyl (C=O) groups is 2. The van der Waals surface area contributed by atoms with Gasteiger partial charge in [0.15, 0.2) is 17.1 Å². The first-order chi connectivity index (χ1) is 16.8. The SMILES string of the molecule is CC1(C)O[C@@H]2C[C@H]3[C@@H]4CCC5=CC(=O)C(N6CC=CCC6)=C[C@]5(C)[C@@]4(F)[C@@H](O)C[C@]3(C)[C@]2(C(=O)O)O1. The van der Waals surface area contributed by atoms with E-state index < -0.39 is 52.0 Å². The number of halogens is 1. The van der Waals surface area contributed by atoms with Crippen LogP contribution in [0.25, 0.3) is 0 Å². The lowest BCUT2D eigenvalue weighted by molar-refractivity contribution is -0.251. The van der Waals surface area contributed by atoms with Crippen LogP contribution in [0, 0.1) is 22.7 Å². The molecule has 0 aromatic carbocycles. The molecule has 36 heavy (non-hydrogen) atoms. The number of aliphatic carboxylic acids is 1. The third-order valence-corrected chi connectivity index (χ3v) is 10.4. The minimum atomic E-state index is -2.05. The third kappa shape index (κ3) is 2.73. The number of ether oxygens (including phenoxy) is 2. The second-order valence-corrected chi connectivity index (χ2v) is 12.5. The number of carboxylic acid groups (broad SMARTS) is 1. The number of rotatable bonds is 2. The van der Waals surface area contributed by atoms with Gasteiger partial charge in [0.2, 0.25) is 5.78 Å². The maximum Gasteiger partial charge on any atom is 0.339 e. The Bertz CT molecular complexity index is 1130. The van der Waals surface area contributed by atoms with Crippen molar-refractivity contribution in [2.45, 2.75) is 89.1 Å². The number of aliphatic hydroxyl groups excluding tert-OH is 1. The molecule has 2 aliphatic heterocycles. The number of hydrogen-bond donors (Lipinski definition) is 2. The number of nitrogens with zero attached hydrogens (tertiary/aromatic N) is 1. The molecule has 2 N–H and O–H groups in total. The number of carbonyl (C=O) groups excluding carboxylic acids is 1. The third-order valence-electron chi connectivity index (χ3n) is 10.4. The van der Waals surface area contributed by atoms with Crippen LogP contribution in [0.5, 0.6) is 0 Å². The molecule has 6 rings (SSSR count). The van der Waals surface area contributed by atoms with Gasteiger partial charge in [-0.25, -0.2) is 9.18 Å². The lowest BCUT2D eigenvalue weighted by Crippen LogP contribution is -2.70. The molecule has 0 amide bonds. The van der Waals surface area contributed by atoms with Crippen LogP contribution in [0.4, 0.5) is 4.39 Å². The fourth-order valence-electron chi connectivity index (χ4n) is 8.86. The number of alkyl halides is 1. The number of carboxylic acids is 1. The van der Waals surface area contributed by atoms with Crippen LogP contribution in [-0.2, 0) is 19.1 Å². The highest BCUT2D eigenvalue weighted by Gasteiger charge is 2.80. The van der Waals surface area contributed by atoms with Gasteiger partial charge in [-0.05, 0) is 70.9 Å². The minimum Gasteiger partial charge on any atom is -0.479 e. The molecule has 8 atom stereocenters. The second-order valence-electron chi connectivity index (χ2n) is 12.5. The summed E-state index contributed by atoms with van der Waals surface area (Å²) in [6.45, 7) is 8.32. The molecule has 0 radical (unpaired) electrons. The first-order valence-electron chi connectivity index (χ1n) is 13.2. The minimum absolute atomic E-state index is 0.0562. The first kappa shape index (κ1) is 24.3. The summed E-state index contributed by atoms with van der Waals surface area (Å²) in [5, 5.41) is 22.1. The first-order valence-corrected chi connectivity index (χ1v) is 13.2. The highest BCUT2D eigenvalue weighted by molar-refractivity contribution is 6.05. The average molecular weight is 502 g/mol. The quantitative estimate of drug-likeness (QED) is 0.559. The average Bonchev–Trinajstić information content (AvgIpc) is 3.22. The number of ketones is 1. The van der Waals surface area contributed by atoms with Crippen LogP contribution >= 0.6 is 0 Å². The van der Waals surface area contributed by atoms with Crippen molar-refractivity contribution in [3.8, 4) is 0 Å². The Hall–Kier alpha value is -2.03. The van der Waals surface area contributed by atoms with Crippen LogP contribution in [0.2, 0.25) is 0 Å². The lowest BCUT2D eigenvalue weighted by atomic mass is 9.44. The van der Waals surface area contributed by atoms with E-state index in [1.54, 1.807) is 26.0 Å². The maximum atomic E-state index is 17.8. The van der Waals surface area contributed by atoms with Gasteiger partial charge < -0.3 is 24.6 Å². The molecule has 4 fully saturated rings. The molecule has 7 nitrogen and oxygen atoms in total. The van der Waals surface area contributed by atoms with Gasteiger partial charge in [-0.2, -0.15) is 0 Å². The molecular formula is C28H36FNO6.